The highest BCUT2D eigenvalue weighted by Gasteiger charge is 2.22. The van der Waals surface area contributed by atoms with E-state index in [4.69, 9.17) is 4.98 Å². The molecule has 3 aromatic heterocycles. The SMILES string of the molecule is CCCCc1nc2c(c(=O)n(CC)c(=O)n2-c2ccccc2)n1Cc1ccc(-c2ccccc2-n2cnnn2)cc1. The zero-order chi connectivity index (χ0) is 28.3. The van der Waals surface area contributed by atoms with Crippen molar-refractivity contribution in [1.82, 2.24) is 38.9 Å². The van der Waals surface area contributed by atoms with Gasteiger partial charge >= 0.3 is 5.69 Å². The zero-order valence-corrected chi connectivity index (χ0v) is 23.0. The third kappa shape index (κ3) is 4.77. The van der Waals surface area contributed by atoms with Crippen LogP contribution in [-0.4, -0.2) is 38.9 Å². The second kappa shape index (κ2) is 11.2. The lowest BCUT2D eigenvalue weighted by Gasteiger charge is -2.13. The lowest BCUT2D eigenvalue weighted by Crippen LogP contribution is -2.39. The summed E-state index contributed by atoms with van der Waals surface area (Å²) >= 11 is 0. The van der Waals surface area contributed by atoms with E-state index in [2.05, 4.69) is 46.7 Å². The standard InChI is InChI=1S/C31H30N8O2/c1-3-5-15-27-33-29-28(30(40)36(4-2)31(41)39(29)24-11-7-6-8-12-24)37(27)20-22-16-18-23(19-17-22)25-13-9-10-14-26(25)38-21-32-34-35-38/h6-14,16-19,21H,3-5,15,20H2,1-2H3. The Morgan fingerprint density at radius 2 is 1.59 bits per heavy atom. The van der Waals surface area contributed by atoms with E-state index in [0.717, 1.165) is 41.0 Å². The van der Waals surface area contributed by atoms with Crippen molar-refractivity contribution in [3.8, 4) is 22.5 Å². The number of imidazole rings is 1. The first kappa shape index (κ1) is 26.1. The highest BCUT2D eigenvalue weighted by molar-refractivity contribution is 5.74. The Bertz CT molecular complexity index is 1920. The molecule has 0 saturated heterocycles. The summed E-state index contributed by atoms with van der Waals surface area (Å²) in [4.78, 5) is 32.1. The Morgan fingerprint density at radius 1 is 0.829 bits per heavy atom. The molecule has 0 bridgehead atoms. The van der Waals surface area contributed by atoms with Crippen LogP contribution in [0.3, 0.4) is 0 Å². The van der Waals surface area contributed by atoms with Gasteiger partial charge < -0.3 is 4.57 Å². The molecule has 10 heteroatoms. The van der Waals surface area contributed by atoms with Crippen molar-refractivity contribution < 1.29 is 0 Å². The van der Waals surface area contributed by atoms with Crippen LogP contribution in [0.25, 0.3) is 33.7 Å². The van der Waals surface area contributed by atoms with Gasteiger partial charge in [-0.05, 0) is 53.1 Å². The molecule has 0 radical (unpaired) electrons. The summed E-state index contributed by atoms with van der Waals surface area (Å²) in [6, 6.07) is 25.6. The van der Waals surface area contributed by atoms with Crippen LogP contribution in [-0.2, 0) is 19.5 Å². The number of tetrazole rings is 1. The van der Waals surface area contributed by atoms with E-state index in [1.54, 1.807) is 15.6 Å². The molecular weight excluding hydrogens is 516 g/mol. The van der Waals surface area contributed by atoms with Crippen LogP contribution in [0, 0.1) is 0 Å². The number of unbranched alkanes of at least 4 members (excludes halogenated alkanes) is 1. The lowest BCUT2D eigenvalue weighted by molar-refractivity contribution is 0.651. The number of nitrogens with zero attached hydrogens (tertiary/aromatic N) is 8. The minimum Gasteiger partial charge on any atom is -0.318 e. The molecule has 3 aromatic carbocycles. The summed E-state index contributed by atoms with van der Waals surface area (Å²) in [5.74, 6) is 0.796. The van der Waals surface area contributed by atoms with Crippen molar-refractivity contribution in [3.05, 3.63) is 117 Å². The van der Waals surface area contributed by atoms with Gasteiger partial charge in [-0.2, -0.15) is 4.68 Å². The summed E-state index contributed by atoms with van der Waals surface area (Å²) < 4.78 is 6.48. The predicted octanol–water partition coefficient (Wildman–Crippen LogP) is 4.40. The quantitative estimate of drug-likeness (QED) is 0.266. The molecule has 41 heavy (non-hydrogen) atoms. The average Bonchev–Trinajstić information content (AvgIpc) is 3.66. The van der Waals surface area contributed by atoms with Gasteiger partial charge in [0.15, 0.2) is 11.2 Å². The number of fused-ring (bicyclic) bond motifs is 1. The van der Waals surface area contributed by atoms with Crippen LogP contribution in [0.15, 0.2) is 94.8 Å². The highest BCUT2D eigenvalue weighted by Crippen LogP contribution is 2.27. The first-order valence-electron chi connectivity index (χ1n) is 13.8. The molecule has 0 atom stereocenters. The van der Waals surface area contributed by atoms with Crippen molar-refractivity contribution in [3.63, 3.8) is 0 Å². The van der Waals surface area contributed by atoms with Gasteiger partial charge in [0.2, 0.25) is 0 Å². The Balaban J connectivity index is 1.47. The van der Waals surface area contributed by atoms with Gasteiger partial charge in [-0.3, -0.25) is 9.36 Å². The molecule has 0 aliphatic carbocycles. The maximum absolute atomic E-state index is 13.7. The molecule has 206 valence electrons. The van der Waals surface area contributed by atoms with Gasteiger partial charge in [-0.15, -0.1) is 5.10 Å². The third-order valence-electron chi connectivity index (χ3n) is 7.30. The van der Waals surface area contributed by atoms with Crippen LogP contribution in [0.1, 0.15) is 38.1 Å². The number of aryl methyl sites for hydroxylation is 1. The largest absolute Gasteiger partial charge is 0.337 e. The second-order valence-electron chi connectivity index (χ2n) is 9.86. The summed E-state index contributed by atoms with van der Waals surface area (Å²) in [7, 11) is 0. The Hall–Kier alpha value is -5.12. The van der Waals surface area contributed by atoms with Gasteiger partial charge in [0.1, 0.15) is 12.2 Å². The molecule has 0 spiro atoms. The van der Waals surface area contributed by atoms with Crippen LogP contribution in [0.5, 0.6) is 0 Å². The predicted molar refractivity (Wildman–Crippen MR) is 158 cm³/mol. The molecule has 0 aliphatic heterocycles. The Morgan fingerprint density at radius 3 is 2.29 bits per heavy atom. The normalized spacial score (nSPS) is 11.4. The molecule has 0 aliphatic rings. The van der Waals surface area contributed by atoms with Gasteiger partial charge in [-0.25, -0.2) is 14.3 Å². The monoisotopic (exact) mass is 546 g/mol. The second-order valence-corrected chi connectivity index (χ2v) is 9.86. The van der Waals surface area contributed by atoms with Crippen LogP contribution < -0.4 is 11.2 Å². The molecule has 0 N–H and O–H groups in total. The number of hydrogen-bond donors (Lipinski definition) is 0. The molecule has 3 heterocycles. The van der Waals surface area contributed by atoms with Gasteiger partial charge in [0.05, 0.1) is 11.4 Å². The Labute approximate surface area is 236 Å². The third-order valence-corrected chi connectivity index (χ3v) is 7.30. The fraction of sp³-hybridized carbons (Fsp3) is 0.226. The first-order chi connectivity index (χ1) is 20.1. The van der Waals surface area contributed by atoms with Crippen LogP contribution >= 0.6 is 0 Å². The number of para-hydroxylation sites is 2. The molecule has 6 aromatic rings. The maximum atomic E-state index is 13.7. The minimum absolute atomic E-state index is 0.269. The van der Waals surface area contributed by atoms with E-state index in [1.165, 1.54) is 4.57 Å². The summed E-state index contributed by atoms with van der Waals surface area (Å²) in [6.07, 6.45) is 4.20. The van der Waals surface area contributed by atoms with Crippen molar-refractivity contribution in [2.45, 2.75) is 46.2 Å². The van der Waals surface area contributed by atoms with Crippen molar-refractivity contribution in [1.29, 1.82) is 0 Å². The first-order valence-corrected chi connectivity index (χ1v) is 13.8. The number of aromatic nitrogens is 8. The molecule has 0 fully saturated rings. The van der Waals surface area contributed by atoms with E-state index in [-0.39, 0.29) is 17.8 Å². The fourth-order valence-corrected chi connectivity index (χ4v) is 5.22. The fourth-order valence-electron chi connectivity index (χ4n) is 5.22. The van der Waals surface area contributed by atoms with E-state index in [9.17, 15) is 9.59 Å². The zero-order valence-electron chi connectivity index (χ0n) is 23.0. The van der Waals surface area contributed by atoms with Gasteiger partial charge in [0.25, 0.3) is 5.56 Å². The molecule has 6 rings (SSSR count). The molecule has 10 nitrogen and oxygen atoms in total. The molecule has 0 unspecified atom stereocenters. The molecule has 0 saturated carbocycles. The molecule has 0 amide bonds. The van der Waals surface area contributed by atoms with E-state index in [1.807, 2.05) is 66.1 Å². The van der Waals surface area contributed by atoms with Crippen molar-refractivity contribution >= 4 is 11.2 Å². The van der Waals surface area contributed by atoms with Crippen molar-refractivity contribution in [2.24, 2.45) is 0 Å². The highest BCUT2D eigenvalue weighted by atomic mass is 16.2. The summed E-state index contributed by atoms with van der Waals surface area (Å²) in [6.45, 7) is 4.67. The summed E-state index contributed by atoms with van der Waals surface area (Å²) in [5, 5.41) is 11.6. The van der Waals surface area contributed by atoms with Crippen LogP contribution in [0.2, 0.25) is 0 Å². The number of hydrogen-bond acceptors (Lipinski definition) is 6. The smallest absolute Gasteiger partial charge is 0.318 e. The van der Waals surface area contributed by atoms with Gasteiger partial charge in [-0.1, -0.05) is 74.0 Å². The average molecular weight is 547 g/mol. The van der Waals surface area contributed by atoms with E-state index in [0.29, 0.717) is 29.8 Å². The summed E-state index contributed by atoms with van der Waals surface area (Å²) in [5.41, 5.74) is 4.74. The number of rotatable bonds is 9. The maximum Gasteiger partial charge on any atom is 0.337 e. The van der Waals surface area contributed by atoms with E-state index < -0.39 is 0 Å². The van der Waals surface area contributed by atoms with Crippen molar-refractivity contribution in [2.75, 3.05) is 0 Å². The minimum atomic E-state index is -0.381. The van der Waals surface area contributed by atoms with E-state index >= 15 is 0 Å². The van der Waals surface area contributed by atoms with Gasteiger partial charge in [0, 0.05) is 25.1 Å². The molecular formula is C31H30N8O2. The Kier molecular flexibility index (Phi) is 7.11. The number of benzene rings is 3. The topological polar surface area (TPSA) is 105 Å². The van der Waals surface area contributed by atoms with Crippen LogP contribution in [0.4, 0.5) is 0 Å². The lowest BCUT2D eigenvalue weighted by atomic mass is 10.0.